The lowest BCUT2D eigenvalue weighted by atomic mass is 9.98. The van der Waals surface area contributed by atoms with Crippen LogP contribution in [0, 0.1) is 0 Å². The number of aliphatic hydroxyl groups excluding tert-OH is 1. The quantitative estimate of drug-likeness (QED) is 0.376. The summed E-state index contributed by atoms with van der Waals surface area (Å²) in [5.41, 5.74) is 0.736. The van der Waals surface area contributed by atoms with Gasteiger partial charge in [0.1, 0.15) is 23.2 Å². The first-order valence-corrected chi connectivity index (χ1v) is 11.6. The zero-order valence-corrected chi connectivity index (χ0v) is 19.3. The minimum Gasteiger partial charge on any atom is -0.493 e. The average Bonchev–Trinajstić information content (AvgIpc) is 3.47. The molecule has 0 amide bonds. The molecule has 2 heterocycles. The largest absolute Gasteiger partial charge is 0.493 e. The Balaban J connectivity index is 2.02. The molecule has 1 saturated heterocycles. The number of epoxide rings is 1. The number of allylic oxidation sites excluding steroid dienone is 1. The summed E-state index contributed by atoms with van der Waals surface area (Å²) in [4.78, 5) is 13.2. The van der Waals surface area contributed by atoms with Gasteiger partial charge in [-0.15, -0.1) is 0 Å². The zero-order valence-electron chi connectivity index (χ0n) is 18.6. The Morgan fingerprint density at radius 2 is 1.87 bits per heavy atom. The van der Waals surface area contributed by atoms with Gasteiger partial charge in [0.15, 0.2) is 0 Å². The van der Waals surface area contributed by atoms with E-state index in [4.69, 9.17) is 30.5 Å². The lowest BCUT2D eigenvalue weighted by Gasteiger charge is -2.21. The average molecular weight is 453 g/mol. The van der Waals surface area contributed by atoms with E-state index in [-0.39, 0.29) is 30.3 Å². The van der Waals surface area contributed by atoms with Crippen LogP contribution in [0.15, 0.2) is 18.2 Å². The van der Waals surface area contributed by atoms with E-state index >= 15 is 0 Å². The predicted molar refractivity (Wildman–Crippen MR) is 119 cm³/mol. The molecule has 0 spiro atoms. The van der Waals surface area contributed by atoms with Crippen molar-refractivity contribution in [2.75, 3.05) is 13.2 Å². The highest BCUT2D eigenvalue weighted by Crippen LogP contribution is 2.40. The smallest absolute Gasteiger partial charge is 0.342 e. The van der Waals surface area contributed by atoms with Crippen LogP contribution >= 0.6 is 11.6 Å². The number of fused-ring (bicyclic) bond motifs is 2. The van der Waals surface area contributed by atoms with Gasteiger partial charge in [-0.3, -0.25) is 0 Å². The fourth-order valence-corrected chi connectivity index (χ4v) is 4.05. The van der Waals surface area contributed by atoms with Gasteiger partial charge in [0.05, 0.1) is 36.5 Å². The van der Waals surface area contributed by atoms with Crippen molar-refractivity contribution in [3.8, 4) is 11.5 Å². The molecule has 1 aromatic rings. The van der Waals surface area contributed by atoms with Crippen LogP contribution < -0.4 is 9.47 Å². The highest BCUT2D eigenvalue weighted by atomic mass is 35.5. The van der Waals surface area contributed by atoms with E-state index in [0.717, 1.165) is 25.7 Å². The Labute approximate surface area is 189 Å². The maximum Gasteiger partial charge on any atom is 0.342 e. The van der Waals surface area contributed by atoms with Crippen LogP contribution in [0.4, 0.5) is 0 Å². The first-order chi connectivity index (χ1) is 14.9. The van der Waals surface area contributed by atoms with Crippen molar-refractivity contribution in [3.05, 3.63) is 34.4 Å². The number of cyclic esters (lactones) is 1. The van der Waals surface area contributed by atoms with E-state index in [1.165, 1.54) is 0 Å². The summed E-state index contributed by atoms with van der Waals surface area (Å²) in [7, 11) is 0. The van der Waals surface area contributed by atoms with E-state index in [0.29, 0.717) is 41.7 Å². The molecule has 0 unspecified atom stereocenters. The van der Waals surface area contributed by atoms with E-state index in [9.17, 15) is 9.90 Å². The number of halogens is 1. The number of benzene rings is 1. The summed E-state index contributed by atoms with van der Waals surface area (Å²) in [6, 6.07) is 1.66. The lowest BCUT2D eigenvalue weighted by molar-refractivity contribution is 0.0304. The Hall–Kier alpha value is -1.76. The van der Waals surface area contributed by atoms with Crippen molar-refractivity contribution >= 4 is 17.6 Å². The minimum atomic E-state index is -0.805. The van der Waals surface area contributed by atoms with Crippen LogP contribution in [0.25, 0.3) is 0 Å². The number of hydrogen-bond acceptors (Lipinski definition) is 6. The van der Waals surface area contributed by atoms with Gasteiger partial charge in [-0.2, -0.15) is 0 Å². The monoisotopic (exact) mass is 452 g/mol. The zero-order chi connectivity index (χ0) is 22.4. The van der Waals surface area contributed by atoms with E-state index in [1.807, 2.05) is 26.8 Å². The lowest BCUT2D eigenvalue weighted by Crippen LogP contribution is -2.21. The van der Waals surface area contributed by atoms with Crippen molar-refractivity contribution in [1.29, 1.82) is 0 Å². The number of carbonyl (C=O) groups is 1. The van der Waals surface area contributed by atoms with Crippen LogP contribution in [-0.2, 0) is 15.9 Å². The molecule has 0 saturated carbocycles. The Morgan fingerprint density at radius 1 is 1.16 bits per heavy atom. The molecule has 0 bridgehead atoms. The molecular formula is C24H33ClO6. The van der Waals surface area contributed by atoms with Gasteiger partial charge in [0.25, 0.3) is 0 Å². The van der Waals surface area contributed by atoms with Crippen LogP contribution in [-0.4, -0.2) is 48.7 Å². The van der Waals surface area contributed by atoms with Gasteiger partial charge >= 0.3 is 5.97 Å². The molecule has 1 N–H and O–H groups in total. The van der Waals surface area contributed by atoms with Gasteiger partial charge in [0.2, 0.25) is 0 Å². The predicted octanol–water partition coefficient (Wildman–Crippen LogP) is 4.87. The number of rotatable bonds is 6. The third kappa shape index (κ3) is 6.37. The molecule has 2 aliphatic heterocycles. The molecule has 4 atom stereocenters. The van der Waals surface area contributed by atoms with E-state index in [2.05, 4.69) is 0 Å². The minimum absolute atomic E-state index is 0.104. The van der Waals surface area contributed by atoms with Gasteiger partial charge in [-0.1, -0.05) is 37.6 Å². The molecule has 0 aromatic heterocycles. The number of hydrogen-bond donors (Lipinski definition) is 1. The van der Waals surface area contributed by atoms with Crippen molar-refractivity contribution in [1.82, 2.24) is 0 Å². The fourth-order valence-electron chi connectivity index (χ4n) is 3.77. The second-order valence-corrected chi connectivity index (χ2v) is 8.56. The third-order valence-electron chi connectivity index (χ3n) is 5.37. The maximum atomic E-state index is 13.2. The first-order valence-electron chi connectivity index (χ1n) is 11.3. The molecule has 31 heavy (non-hydrogen) atoms. The molecule has 3 rings (SSSR count). The first kappa shape index (κ1) is 23.9. The molecular weight excluding hydrogens is 420 g/mol. The molecule has 0 radical (unpaired) electrons. The number of carbonyl (C=O) groups excluding carboxylic acids is 1. The molecule has 1 fully saturated rings. The Kier molecular flexibility index (Phi) is 8.64. The molecule has 7 heteroatoms. The van der Waals surface area contributed by atoms with Crippen LogP contribution in [0.2, 0.25) is 5.02 Å². The molecule has 172 valence electrons. The summed E-state index contributed by atoms with van der Waals surface area (Å²) in [5, 5.41) is 10.9. The molecule has 6 nitrogen and oxygen atoms in total. The van der Waals surface area contributed by atoms with E-state index in [1.54, 1.807) is 12.1 Å². The standard InChI is InChI=1S/C24H33ClO6/c1-4-10-28-20-14-21(29-11-5-2)23(25)17-13-16(26)8-6-7-9-18-19(31-18)12-15(3)30-24(27)22(17)20/h6,8,14-16,18-19,26H,4-5,7,9-13H2,1-3H3/t15-,16+,18+,19+/m1/s1. The fraction of sp³-hybridized carbons (Fsp3) is 0.625. The van der Waals surface area contributed by atoms with E-state index < -0.39 is 12.1 Å². The second kappa shape index (κ2) is 11.2. The van der Waals surface area contributed by atoms with Crippen LogP contribution in [0.3, 0.4) is 0 Å². The Bertz CT molecular complexity index is 793. The molecule has 2 aliphatic rings. The summed E-state index contributed by atoms with van der Waals surface area (Å²) in [6.45, 7) is 6.78. The third-order valence-corrected chi connectivity index (χ3v) is 5.78. The summed E-state index contributed by atoms with van der Waals surface area (Å²) < 4.78 is 23.2. The van der Waals surface area contributed by atoms with Crippen molar-refractivity contribution in [3.63, 3.8) is 0 Å². The van der Waals surface area contributed by atoms with Gasteiger partial charge in [0, 0.05) is 18.9 Å². The van der Waals surface area contributed by atoms with Crippen molar-refractivity contribution in [2.45, 2.75) is 83.7 Å². The van der Waals surface area contributed by atoms with Gasteiger partial charge in [-0.05, 0) is 38.2 Å². The summed E-state index contributed by atoms with van der Waals surface area (Å²) in [5.74, 6) is 0.303. The number of esters is 1. The maximum absolute atomic E-state index is 13.2. The van der Waals surface area contributed by atoms with Gasteiger partial charge < -0.3 is 24.1 Å². The SMILES string of the molecule is CCCOc1cc(OCCC)c2c(c1Cl)C[C@@H](O)C=CCC[C@@H]1O[C@H]1C[C@@H](C)OC2=O. The summed E-state index contributed by atoms with van der Waals surface area (Å²) >= 11 is 6.67. The highest BCUT2D eigenvalue weighted by molar-refractivity contribution is 6.33. The topological polar surface area (TPSA) is 77.5 Å². The molecule has 1 aromatic carbocycles. The van der Waals surface area contributed by atoms with Crippen molar-refractivity contribution < 1.29 is 28.8 Å². The summed E-state index contributed by atoms with van der Waals surface area (Å²) in [6.07, 6.45) is 6.97. The normalized spacial score (nSPS) is 26.3. The number of aliphatic hydroxyl groups is 1. The Morgan fingerprint density at radius 3 is 2.58 bits per heavy atom. The van der Waals surface area contributed by atoms with Crippen molar-refractivity contribution in [2.24, 2.45) is 0 Å². The highest BCUT2D eigenvalue weighted by Gasteiger charge is 2.39. The van der Waals surface area contributed by atoms with Gasteiger partial charge in [-0.25, -0.2) is 4.79 Å². The van der Waals surface area contributed by atoms with Crippen LogP contribution in [0.1, 0.15) is 68.8 Å². The molecule has 0 aliphatic carbocycles. The second-order valence-electron chi connectivity index (χ2n) is 8.18. The van der Waals surface area contributed by atoms with Crippen LogP contribution in [0.5, 0.6) is 11.5 Å². The number of ether oxygens (including phenoxy) is 4.